The molecule has 1 unspecified atom stereocenters. The number of thiazole rings is 1. The van der Waals surface area contributed by atoms with Crippen LogP contribution in [-0.4, -0.2) is 19.1 Å². The largest absolute Gasteiger partial charge is 0.496 e. The van der Waals surface area contributed by atoms with Gasteiger partial charge >= 0.3 is 0 Å². The molecule has 0 aliphatic rings. The van der Waals surface area contributed by atoms with E-state index in [9.17, 15) is 0 Å². The zero-order valence-corrected chi connectivity index (χ0v) is 13.6. The van der Waals surface area contributed by atoms with Crippen LogP contribution in [0, 0.1) is 20.8 Å². The summed E-state index contributed by atoms with van der Waals surface area (Å²) in [5, 5.41) is 6.63. The van der Waals surface area contributed by atoms with E-state index >= 15 is 0 Å². The van der Waals surface area contributed by atoms with E-state index in [1.807, 2.05) is 14.0 Å². The summed E-state index contributed by atoms with van der Waals surface area (Å²) >= 11 is 1.70. The van der Waals surface area contributed by atoms with E-state index in [0.29, 0.717) is 0 Å². The van der Waals surface area contributed by atoms with Crippen LogP contribution in [0.25, 0.3) is 0 Å². The summed E-state index contributed by atoms with van der Waals surface area (Å²) in [6.07, 6.45) is 0.875. The third-order valence-electron chi connectivity index (χ3n) is 3.72. The number of nitrogens with one attached hydrogen (secondary N) is 1. The Morgan fingerprint density at radius 2 is 2.05 bits per heavy atom. The van der Waals surface area contributed by atoms with Gasteiger partial charge in [-0.25, -0.2) is 4.98 Å². The molecular weight excluding hydrogens is 268 g/mol. The fourth-order valence-electron chi connectivity index (χ4n) is 2.44. The lowest BCUT2D eigenvalue weighted by molar-refractivity contribution is 0.397. The monoisotopic (exact) mass is 290 g/mol. The maximum absolute atomic E-state index is 5.62. The molecule has 0 aliphatic carbocycles. The SMILES string of the molecule is CNC(Cc1csc(C)n1)c1ccc(C)c(C)c1OC. The van der Waals surface area contributed by atoms with Gasteiger partial charge in [0, 0.05) is 23.4 Å². The lowest BCUT2D eigenvalue weighted by Crippen LogP contribution is -2.20. The number of aromatic nitrogens is 1. The fourth-order valence-corrected chi connectivity index (χ4v) is 3.06. The second-order valence-electron chi connectivity index (χ2n) is 5.03. The fraction of sp³-hybridized carbons (Fsp3) is 0.438. The van der Waals surface area contributed by atoms with Gasteiger partial charge in [-0.15, -0.1) is 11.3 Å². The molecule has 4 heteroatoms. The van der Waals surface area contributed by atoms with Crippen LogP contribution in [0.1, 0.15) is 33.4 Å². The van der Waals surface area contributed by atoms with Gasteiger partial charge in [0.15, 0.2) is 0 Å². The van der Waals surface area contributed by atoms with E-state index in [1.165, 1.54) is 16.7 Å². The van der Waals surface area contributed by atoms with Crippen molar-refractivity contribution in [2.24, 2.45) is 0 Å². The highest BCUT2D eigenvalue weighted by Gasteiger charge is 2.18. The number of ether oxygens (including phenoxy) is 1. The van der Waals surface area contributed by atoms with Crippen LogP contribution in [0.3, 0.4) is 0 Å². The van der Waals surface area contributed by atoms with E-state index in [-0.39, 0.29) is 6.04 Å². The normalized spacial score (nSPS) is 12.4. The maximum atomic E-state index is 5.62. The van der Waals surface area contributed by atoms with Gasteiger partial charge in [-0.05, 0) is 38.9 Å². The average molecular weight is 290 g/mol. The number of rotatable bonds is 5. The first kappa shape index (κ1) is 15.0. The Morgan fingerprint density at radius 1 is 1.30 bits per heavy atom. The molecule has 1 atom stereocenters. The maximum Gasteiger partial charge on any atom is 0.126 e. The van der Waals surface area contributed by atoms with E-state index in [4.69, 9.17) is 4.74 Å². The molecule has 0 amide bonds. The number of nitrogens with zero attached hydrogens (tertiary/aromatic N) is 1. The Labute approximate surface area is 125 Å². The smallest absolute Gasteiger partial charge is 0.126 e. The number of likely N-dealkylation sites (N-methyl/N-ethyl adjacent to an activating group) is 1. The minimum absolute atomic E-state index is 0.214. The van der Waals surface area contributed by atoms with Crippen LogP contribution in [0.4, 0.5) is 0 Å². The van der Waals surface area contributed by atoms with Crippen molar-refractivity contribution in [1.82, 2.24) is 10.3 Å². The van der Waals surface area contributed by atoms with Crippen molar-refractivity contribution in [1.29, 1.82) is 0 Å². The van der Waals surface area contributed by atoms with Crippen molar-refractivity contribution in [2.75, 3.05) is 14.2 Å². The predicted molar refractivity (Wildman–Crippen MR) is 84.8 cm³/mol. The molecule has 2 rings (SSSR count). The van der Waals surface area contributed by atoms with Crippen molar-refractivity contribution in [2.45, 2.75) is 33.2 Å². The van der Waals surface area contributed by atoms with Crippen LogP contribution in [0.15, 0.2) is 17.5 Å². The summed E-state index contributed by atoms with van der Waals surface area (Å²) in [5.74, 6) is 0.983. The highest BCUT2D eigenvalue weighted by molar-refractivity contribution is 7.09. The summed E-state index contributed by atoms with van der Waals surface area (Å²) in [4.78, 5) is 4.56. The van der Waals surface area contributed by atoms with E-state index < -0.39 is 0 Å². The first-order valence-corrected chi connectivity index (χ1v) is 7.67. The number of methoxy groups -OCH3 is 1. The lowest BCUT2D eigenvalue weighted by atomic mass is 9.96. The molecule has 1 aromatic heterocycles. The Balaban J connectivity index is 2.34. The molecule has 0 fully saturated rings. The van der Waals surface area contributed by atoms with Gasteiger partial charge in [0.2, 0.25) is 0 Å². The van der Waals surface area contributed by atoms with Gasteiger partial charge in [-0.1, -0.05) is 12.1 Å². The van der Waals surface area contributed by atoms with Crippen LogP contribution in [0.5, 0.6) is 5.75 Å². The molecule has 0 radical (unpaired) electrons. The van der Waals surface area contributed by atoms with Crippen LogP contribution in [0.2, 0.25) is 0 Å². The van der Waals surface area contributed by atoms with Crippen molar-refractivity contribution in [3.05, 3.63) is 44.9 Å². The summed E-state index contributed by atoms with van der Waals surface area (Å²) in [6.45, 7) is 6.26. The first-order chi connectivity index (χ1) is 9.56. The molecule has 2 aromatic rings. The van der Waals surface area contributed by atoms with E-state index in [0.717, 1.165) is 22.9 Å². The van der Waals surface area contributed by atoms with Gasteiger partial charge in [0.1, 0.15) is 5.75 Å². The number of hydrogen-bond acceptors (Lipinski definition) is 4. The van der Waals surface area contributed by atoms with Gasteiger partial charge in [0.25, 0.3) is 0 Å². The van der Waals surface area contributed by atoms with Gasteiger partial charge in [-0.2, -0.15) is 0 Å². The van der Waals surface area contributed by atoms with Crippen LogP contribution in [-0.2, 0) is 6.42 Å². The molecule has 1 aromatic carbocycles. The molecule has 0 aliphatic heterocycles. The van der Waals surface area contributed by atoms with Crippen molar-refractivity contribution in [3.63, 3.8) is 0 Å². The predicted octanol–water partition coefficient (Wildman–Crippen LogP) is 3.58. The van der Waals surface area contributed by atoms with Crippen molar-refractivity contribution in [3.8, 4) is 5.75 Å². The van der Waals surface area contributed by atoms with Crippen LogP contribution < -0.4 is 10.1 Å². The van der Waals surface area contributed by atoms with E-state index in [1.54, 1.807) is 18.4 Å². The average Bonchev–Trinajstić information content (AvgIpc) is 2.84. The molecule has 0 bridgehead atoms. The van der Waals surface area contributed by atoms with Crippen molar-refractivity contribution >= 4 is 11.3 Å². The molecule has 1 N–H and O–H groups in total. The quantitative estimate of drug-likeness (QED) is 0.914. The minimum atomic E-state index is 0.214. The Hall–Kier alpha value is -1.39. The summed E-state index contributed by atoms with van der Waals surface area (Å²) in [7, 11) is 3.73. The number of aryl methyl sites for hydroxylation is 2. The molecule has 0 saturated carbocycles. The van der Waals surface area contributed by atoms with Crippen LogP contribution >= 0.6 is 11.3 Å². The zero-order chi connectivity index (χ0) is 14.7. The molecule has 1 heterocycles. The summed E-state index contributed by atoms with van der Waals surface area (Å²) in [6, 6.07) is 4.52. The zero-order valence-electron chi connectivity index (χ0n) is 12.8. The molecule has 3 nitrogen and oxygen atoms in total. The third-order valence-corrected chi connectivity index (χ3v) is 4.54. The van der Waals surface area contributed by atoms with Crippen molar-refractivity contribution < 1.29 is 4.74 Å². The molecule has 108 valence electrons. The first-order valence-electron chi connectivity index (χ1n) is 6.79. The minimum Gasteiger partial charge on any atom is -0.496 e. The third kappa shape index (κ3) is 3.02. The second-order valence-corrected chi connectivity index (χ2v) is 6.10. The standard InChI is InChI=1S/C16H22N2OS/c1-10-6-7-14(16(19-5)11(10)2)15(17-4)8-13-9-20-12(3)18-13/h6-7,9,15,17H,8H2,1-5H3. The second kappa shape index (κ2) is 6.37. The lowest BCUT2D eigenvalue weighted by Gasteiger charge is -2.21. The van der Waals surface area contributed by atoms with Gasteiger partial charge in [-0.3, -0.25) is 0 Å². The van der Waals surface area contributed by atoms with E-state index in [2.05, 4.69) is 41.7 Å². The highest BCUT2D eigenvalue weighted by atomic mass is 32.1. The Kier molecular flexibility index (Phi) is 4.78. The highest BCUT2D eigenvalue weighted by Crippen LogP contribution is 2.32. The molecule has 0 saturated heterocycles. The summed E-state index contributed by atoms with van der Waals surface area (Å²) < 4.78 is 5.62. The molecule has 20 heavy (non-hydrogen) atoms. The number of benzene rings is 1. The Morgan fingerprint density at radius 3 is 2.60 bits per heavy atom. The number of hydrogen-bond donors (Lipinski definition) is 1. The summed E-state index contributed by atoms with van der Waals surface area (Å²) in [5.41, 5.74) is 4.79. The molecular formula is C16H22N2OS. The van der Waals surface area contributed by atoms with Gasteiger partial charge in [0.05, 0.1) is 17.8 Å². The Bertz CT molecular complexity index is 592. The molecule has 0 spiro atoms. The van der Waals surface area contributed by atoms with Gasteiger partial charge < -0.3 is 10.1 Å². The topological polar surface area (TPSA) is 34.2 Å².